The van der Waals surface area contributed by atoms with Gasteiger partial charge in [0, 0.05) is 23.7 Å². The molecule has 2 atom stereocenters. The van der Waals surface area contributed by atoms with Crippen molar-refractivity contribution in [1.82, 2.24) is 9.62 Å². The molecule has 3 aliphatic carbocycles. The Labute approximate surface area is 293 Å². The van der Waals surface area contributed by atoms with Crippen molar-refractivity contribution in [2.24, 2.45) is 5.92 Å². The van der Waals surface area contributed by atoms with E-state index in [2.05, 4.69) is 40.0 Å². The minimum atomic E-state index is -4.40. The highest BCUT2D eigenvalue weighted by atomic mass is 32.2. The number of nitrogens with zero attached hydrogens (tertiary/aromatic N) is 2. The van der Waals surface area contributed by atoms with Crippen LogP contribution in [0, 0.1) is 16.0 Å². The summed E-state index contributed by atoms with van der Waals surface area (Å²) in [6.45, 7) is 1.36. The van der Waals surface area contributed by atoms with Crippen molar-refractivity contribution in [3.05, 3.63) is 105 Å². The molecule has 2 saturated carbocycles. The molecule has 3 fully saturated rings. The van der Waals surface area contributed by atoms with E-state index in [1.807, 2.05) is 12.1 Å². The van der Waals surface area contributed by atoms with Gasteiger partial charge in [-0.2, -0.15) is 0 Å². The van der Waals surface area contributed by atoms with Gasteiger partial charge < -0.3 is 9.84 Å². The van der Waals surface area contributed by atoms with Crippen molar-refractivity contribution in [1.29, 1.82) is 0 Å². The van der Waals surface area contributed by atoms with Gasteiger partial charge in [0.15, 0.2) is 5.75 Å². The zero-order chi connectivity index (χ0) is 34.8. The largest absolute Gasteiger partial charge is 0.487 e. The van der Waals surface area contributed by atoms with Gasteiger partial charge in [-0.05, 0) is 136 Å². The summed E-state index contributed by atoms with van der Waals surface area (Å²) in [7, 11) is -4.40. The number of ether oxygens (including phenoxy) is 1. The number of aliphatic hydroxyl groups is 1. The molecule has 264 valence electrons. The highest BCUT2D eigenvalue weighted by Crippen LogP contribution is 2.47. The van der Waals surface area contributed by atoms with Gasteiger partial charge in [-0.25, -0.2) is 13.1 Å². The summed E-state index contributed by atoms with van der Waals surface area (Å²) < 4.78 is 34.0. The first kappa shape index (κ1) is 34.4. The fraction of sp³-hybridized carbons (Fsp3) is 0.462. The smallest absolute Gasteiger partial charge is 0.312 e. The third kappa shape index (κ3) is 7.65. The van der Waals surface area contributed by atoms with Gasteiger partial charge in [-0.3, -0.25) is 19.8 Å². The standard InChI is InChI=1S/C39H45N3O7S/c43-32-19-7-26(8-20-32)25-49-38-22-21-33(24-37(38)42(45)46)50(47,48)40-39(44)30-13-9-27(10-14-30)28-15-17-31(18-16-28)41-23-3-6-36(41)35-5-2-1-4-34(35)29-11-12-29/h1-2,4-5,9-10,13-15,21-22,24,26,29,31-32,36,43H,3,6-8,11-12,16-20,23,25H2,(H,40,44)/t26?,31?,32?,36-/m0/s1. The molecule has 0 spiro atoms. The van der Waals surface area contributed by atoms with Crippen LogP contribution in [0.1, 0.15) is 110 Å². The Morgan fingerprint density at radius 3 is 2.36 bits per heavy atom. The zero-order valence-corrected chi connectivity index (χ0v) is 29.0. The molecule has 2 N–H and O–H groups in total. The van der Waals surface area contributed by atoms with E-state index in [-0.39, 0.29) is 29.9 Å². The van der Waals surface area contributed by atoms with Crippen LogP contribution >= 0.6 is 0 Å². The summed E-state index contributed by atoms with van der Waals surface area (Å²) in [5.41, 5.74) is 4.99. The molecule has 1 unspecified atom stereocenters. The molecule has 1 amide bonds. The minimum Gasteiger partial charge on any atom is -0.487 e. The molecule has 10 nitrogen and oxygen atoms in total. The Hall–Kier alpha value is -4.06. The van der Waals surface area contributed by atoms with E-state index in [1.165, 1.54) is 49.0 Å². The summed E-state index contributed by atoms with van der Waals surface area (Å²) in [5.74, 6) is 0.0347. The zero-order valence-electron chi connectivity index (χ0n) is 28.2. The molecular weight excluding hydrogens is 655 g/mol. The monoisotopic (exact) mass is 699 g/mol. The van der Waals surface area contributed by atoms with Crippen LogP contribution in [-0.4, -0.2) is 54.6 Å². The van der Waals surface area contributed by atoms with Gasteiger partial charge in [0.2, 0.25) is 0 Å². The van der Waals surface area contributed by atoms with Gasteiger partial charge in [0.1, 0.15) is 0 Å². The first-order chi connectivity index (χ1) is 24.2. The summed E-state index contributed by atoms with van der Waals surface area (Å²) >= 11 is 0. The van der Waals surface area contributed by atoms with Crippen LogP contribution in [0.25, 0.3) is 5.57 Å². The van der Waals surface area contributed by atoms with E-state index in [0.29, 0.717) is 24.9 Å². The number of hydrogen-bond acceptors (Lipinski definition) is 8. The maximum Gasteiger partial charge on any atom is 0.312 e. The normalized spacial score (nSPS) is 24.4. The fourth-order valence-electron chi connectivity index (χ4n) is 8.05. The Balaban J connectivity index is 0.968. The third-order valence-corrected chi connectivity index (χ3v) is 12.3. The second-order valence-electron chi connectivity index (χ2n) is 14.3. The summed E-state index contributed by atoms with van der Waals surface area (Å²) in [6, 6.07) is 20.3. The van der Waals surface area contributed by atoms with Crippen LogP contribution < -0.4 is 9.46 Å². The van der Waals surface area contributed by atoms with Gasteiger partial charge in [0.05, 0.1) is 22.5 Å². The molecule has 1 heterocycles. The van der Waals surface area contributed by atoms with Crippen molar-refractivity contribution in [3.63, 3.8) is 0 Å². The molecule has 11 heteroatoms. The SMILES string of the molecule is O=C(NS(=O)(=O)c1ccc(OCC2CCC(O)CC2)c([N+](=O)[O-])c1)c1ccc(C2=CCC(N3CCC[C@H]3c3ccccc3C3CC3)CC2)cc1. The Kier molecular flexibility index (Phi) is 10.1. The van der Waals surface area contributed by atoms with Crippen LogP contribution in [0.5, 0.6) is 5.75 Å². The molecule has 0 bridgehead atoms. The Morgan fingerprint density at radius 1 is 0.940 bits per heavy atom. The number of carbonyl (C=O) groups is 1. The average molecular weight is 700 g/mol. The Morgan fingerprint density at radius 2 is 1.68 bits per heavy atom. The quantitative estimate of drug-likeness (QED) is 0.157. The number of amides is 1. The lowest BCUT2D eigenvalue weighted by molar-refractivity contribution is -0.386. The number of benzene rings is 3. The number of nitro benzene ring substituents is 1. The summed E-state index contributed by atoms with van der Waals surface area (Å²) in [4.78, 5) is 26.5. The summed E-state index contributed by atoms with van der Waals surface area (Å²) in [6.07, 6.45) is 12.8. The number of sulfonamides is 1. The van der Waals surface area contributed by atoms with Crippen LogP contribution in [0.4, 0.5) is 5.69 Å². The van der Waals surface area contributed by atoms with E-state index in [4.69, 9.17) is 4.74 Å². The predicted molar refractivity (Wildman–Crippen MR) is 190 cm³/mol. The average Bonchev–Trinajstić information content (AvgIpc) is 3.87. The lowest BCUT2D eigenvalue weighted by Gasteiger charge is -2.36. The second kappa shape index (κ2) is 14.7. The molecule has 3 aromatic rings. The van der Waals surface area contributed by atoms with Crippen molar-refractivity contribution < 1.29 is 28.0 Å². The molecule has 50 heavy (non-hydrogen) atoms. The Bertz CT molecular complexity index is 1860. The van der Waals surface area contributed by atoms with E-state index in [0.717, 1.165) is 56.2 Å². The number of aliphatic hydroxyl groups excluding tert-OH is 1. The molecule has 3 aromatic carbocycles. The molecule has 1 aliphatic heterocycles. The molecule has 7 rings (SSSR count). The number of hydrogen-bond donors (Lipinski definition) is 2. The maximum atomic E-state index is 13.1. The van der Waals surface area contributed by atoms with Crippen molar-refractivity contribution in [2.75, 3.05) is 13.2 Å². The fourth-order valence-corrected chi connectivity index (χ4v) is 9.04. The van der Waals surface area contributed by atoms with E-state index in [1.54, 1.807) is 17.7 Å². The number of allylic oxidation sites excluding steroid dienone is 1. The molecular formula is C39H45N3O7S. The van der Waals surface area contributed by atoms with Crippen LogP contribution in [0.15, 0.2) is 77.7 Å². The minimum absolute atomic E-state index is 0.0375. The maximum absolute atomic E-state index is 13.1. The first-order valence-corrected chi connectivity index (χ1v) is 19.4. The van der Waals surface area contributed by atoms with E-state index >= 15 is 0 Å². The second-order valence-corrected chi connectivity index (χ2v) is 16.0. The first-order valence-electron chi connectivity index (χ1n) is 18.0. The van der Waals surface area contributed by atoms with Gasteiger partial charge in [-0.1, -0.05) is 42.5 Å². The molecule has 0 aromatic heterocycles. The number of nitrogens with one attached hydrogen (secondary N) is 1. The van der Waals surface area contributed by atoms with E-state index in [9.17, 15) is 28.4 Å². The topological polar surface area (TPSA) is 139 Å². The lowest BCUT2D eigenvalue weighted by atomic mass is 9.88. The highest BCUT2D eigenvalue weighted by Gasteiger charge is 2.36. The van der Waals surface area contributed by atoms with Crippen LogP contribution in [0.3, 0.4) is 0 Å². The predicted octanol–water partition coefficient (Wildman–Crippen LogP) is 7.29. The number of rotatable bonds is 11. The van der Waals surface area contributed by atoms with Crippen LogP contribution in [0.2, 0.25) is 0 Å². The lowest BCUT2D eigenvalue weighted by Crippen LogP contribution is -2.36. The van der Waals surface area contributed by atoms with E-state index < -0.39 is 31.4 Å². The van der Waals surface area contributed by atoms with Gasteiger partial charge >= 0.3 is 5.69 Å². The molecule has 4 aliphatic rings. The number of nitro groups is 1. The number of likely N-dealkylation sites (tertiary alicyclic amines) is 1. The summed E-state index contributed by atoms with van der Waals surface area (Å²) in [5, 5.41) is 21.5. The molecule has 1 saturated heterocycles. The third-order valence-electron chi connectivity index (χ3n) is 11.0. The van der Waals surface area contributed by atoms with Crippen LogP contribution in [-0.2, 0) is 10.0 Å². The molecule has 0 radical (unpaired) electrons. The van der Waals surface area contributed by atoms with Gasteiger partial charge in [-0.15, -0.1) is 0 Å². The highest BCUT2D eigenvalue weighted by molar-refractivity contribution is 7.90. The van der Waals surface area contributed by atoms with Crippen molar-refractivity contribution >= 4 is 27.2 Å². The number of carbonyl (C=O) groups excluding carboxylic acids is 1. The van der Waals surface area contributed by atoms with Crippen molar-refractivity contribution in [2.45, 2.75) is 99.6 Å². The van der Waals surface area contributed by atoms with Gasteiger partial charge in [0.25, 0.3) is 15.9 Å². The van der Waals surface area contributed by atoms with Crippen molar-refractivity contribution in [3.8, 4) is 5.75 Å².